The first-order chi connectivity index (χ1) is 28.6. The third-order valence-corrected chi connectivity index (χ3v) is 9.53. The summed E-state index contributed by atoms with van der Waals surface area (Å²) >= 11 is 0. The molecule has 1 aromatic carbocycles. The third kappa shape index (κ3) is 18.5. The Bertz CT molecular complexity index is 1850. The zero-order chi connectivity index (χ0) is 44.5. The third-order valence-electron chi connectivity index (χ3n) is 9.53. The van der Waals surface area contributed by atoms with Crippen molar-refractivity contribution in [1.29, 1.82) is 0 Å². The highest BCUT2D eigenvalue weighted by atomic mass is 16.6. The van der Waals surface area contributed by atoms with Crippen LogP contribution in [0.2, 0.25) is 0 Å². The fraction of sp³-hybridized carbons (Fsp3) is 0.568. The van der Waals surface area contributed by atoms with E-state index in [0.29, 0.717) is 37.0 Å². The van der Waals surface area contributed by atoms with Crippen LogP contribution in [0.15, 0.2) is 50.0 Å². The molecule has 60 heavy (non-hydrogen) atoms. The lowest BCUT2D eigenvalue weighted by atomic mass is 9.82. The summed E-state index contributed by atoms with van der Waals surface area (Å²) < 4.78 is 25.4. The van der Waals surface area contributed by atoms with E-state index >= 15 is 0 Å². The van der Waals surface area contributed by atoms with Gasteiger partial charge in [0.25, 0.3) is 5.91 Å². The van der Waals surface area contributed by atoms with Gasteiger partial charge in [-0.25, -0.2) is 14.4 Å². The van der Waals surface area contributed by atoms with Gasteiger partial charge in [-0.15, -0.1) is 5.92 Å². The molecule has 0 fully saturated rings. The van der Waals surface area contributed by atoms with Crippen LogP contribution in [0.4, 0.5) is 0 Å². The number of nitrogens with one attached hydrogen (secondary N) is 1. The Morgan fingerprint density at radius 3 is 2.17 bits per heavy atom. The van der Waals surface area contributed by atoms with E-state index in [4.69, 9.17) is 23.0 Å². The molecule has 16 nitrogen and oxygen atoms in total. The molecule has 16 heteroatoms. The normalized spacial score (nSPS) is 13.0. The quantitative estimate of drug-likeness (QED) is 0.0424. The first-order valence-corrected chi connectivity index (χ1v) is 20.3. The highest BCUT2D eigenvalue weighted by molar-refractivity contribution is 5.95. The number of Topliss-reactive ketones (excluding diaryl/α,β-unsaturated/α-hetero) is 1. The first-order valence-electron chi connectivity index (χ1n) is 20.3. The van der Waals surface area contributed by atoms with Crippen molar-refractivity contribution in [3.05, 3.63) is 64.1 Å². The average Bonchev–Trinajstić information content (AvgIpc) is 3.54. The predicted octanol–water partition coefficient (Wildman–Crippen LogP) is 4.99. The first kappa shape index (κ1) is 50.5. The molecule has 3 N–H and O–H groups in total. The predicted molar refractivity (Wildman–Crippen MR) is 218 cm³/mol. The number of aliphatic hydroxyl groups is 1. The molecular weight excluding hydrogens is 780 g/mol. The SMILES string of the molecule is CC#CCOc1ccc(C[C@H](NC(=O)[C@@H](/C=C/CCCCCCC(=O)CCCCCCC)[C@@](O)(CC(=O)OCc2oc(=O)oc2C)C(=O)O)C(=O)OCC(=O)N(C)C)cc1. The Morgan fingerprint density at radius 1 is 0.933 bits per heavy atom. The molecule has 0 saturated carbocycles. The lowest BCUT2D eigenvalue weighted by molar-refractivity contribution is -0.174. The van der Waals surface area contributed by atoms with Crippen molar-refractivity contribution in [2.75, 3.05) is 27.3 Å². The number of ketones is 1. The number of carbonyl (C=O) groups is 6. The number of carbonyl (C=O) groups excluding carboxylic acids is 5. The number of likely N-dealkylation sites (N-methyl/N-ethyl adjacent to an activating group) is 1. The Labute approximate surface area is 351 Å². The lowest BCUT2D eigenvalue weighted by Gasteiger charge is -2.30. The Morgan fingerprint density at radius 2 is 1.58 bits per heavy atom. The van der Waals surface area contributed by atoms with Gasteiger partial charge in [0.05, 0.1) is 12.3 Å². The molecule has 330 valence electrons. The van der Waals surface area contributed by atoms with E-state index in [1.807, 2.05) is 0 Å². The number of carboxylic acids is 1. The van der Waals surface area contributed by atoms with Crippen molar-refractivity contribution in [3.63, 3.8) is 0 Å². The van der Waals surface area contributed by atoms with Gasteiger partial charge in [-0.1, -0.05) is 75.7 Å². The van der Waals surface area contributed by atoms with Gasteiger partial charge in [-0.3, -0.25) is 19.2 Å². The number of nitrogens with zero attached hydrogens (tertiary/aromatic N) is 1. The van der Waals surface area contributed by atoms with Crippen LogP contribution in [0.3, 0.4) is 0 Å². The maximum atomic E-state index is 14.1. The minimum atomic E-state index is -3.10. The van der Waals surface area contributed by atoms with Crippen molar-refractivity contribution in [1.82, 2.24) is 10.2 Å². The van der Waals surface area contributed by atoms with Gasteiger partial charge in [0.2, 0.25) is 5.91 Å². The maximum Gasteiger partial charge on any atom is 0.519 e. The fourth-order valence-electron chi connectivity index (χ4n) is 5.89. The van der Waals surface area contributed by atoms with Crippen LogP contribution in [0.1, 0.15) is 114 Å². The topological polar surface area (TPSA) is 229 Å². The molecule has 0 aliphatic rings. The summed E-state index contributed by atoms with van der Waals surface area (Å²) in [6.07, 6.45) is 10.9. The highest BCUT2D eigenvalue weighted by Crippen LogP contribution is 2.27. The molecule has 1 heterocycles. The molecule has 0 unspecified atom stereocenters. The molecule has 0 aliphatic heterocycles. The molecule has 0 saturated heterocycles. The molecule has 0 aliphatic carbocycles. The number of hydrogen-bond donors (Lipinski definition) is 3. The van der Waals surface area contributed by atoms with Gasteiger partial charge in [0.15, 0.2) is 30.3 Å². The van der Waals surface area contributed by atoms with Crippen LogP contribution in [-0.2, 0) is 51.3 Å². The summed E-state index contributed by atoms with van der Waals surface area (Å²) in [6.45, 7) is 4.06. The van der Waals surface area contributed by atoms with Crippen LogP contribution in [0, 0.1) is 24.7 Å². The monoisotopic (exact) mass is 840 g/mol. The summed E-state index contributed by atoms with van der Waals surface area (Å²) in [5.41, 5.74) is -2.58. The molecule has 0 bridgehead atoms. The van der Waals surface area contributed by atoms with Crippen molar-refractivity contribution < 1.29 is 62.0 Å². The van der Waals surface area contributed by atoms with Crippen molar-refractivity contribution >= 4 is 35.5 Å². The minimum Gasteiger partial charge on any atom is -0.481 e. The summed E-state index contributed by atoms with van der Waals surface area (Å²) in [6, 6.07) is 5.01. The van der Waals surface area contributed by atoms with Gasteiger partial charge < -0.3 is 43.5 Å². The zero-order valence-corrected chi connectivity index (χ0v) is 35.4. The number of unbranched alkanes of at least 4 members (excludes halogenated alkanes) is 8. The number of hydrogen-bond acceptors (Lipinski definition) is 13. The number of aliphatic carboxylic acids is 1. The second kappa shape index (κ2) is 27.1. The Balaban J connectivity index is 2.30. The summed E-state index contributed by atoms with van der Waals surface area (Å²) in [5, 5.41) is 24.4. The van der Waals surface area contributed by atoms with E-state index in [2.05, 4.69) is 24.1 Å². The fourth-order valence-corrected chi connectivity index (χ4v) is 5.89. The number of aryl methyl sites for hydroxylation is 1. The number of carboxylic acid groups (broad SMARTS) is 1. The highest BCUT2D eigenvalue weighted by Gasteiger charge is 2.49. The van der Waals surface area contributed by atoms with E-state index in [9.17, 15) is 43.8 Å². The molecule has 0 radical (unpaired) electrons. The maximum absolute atomic E-state index is 14.1. The van der Waals surface area contributed by atoms with Crippen molar-refractivity contribution in [3.8, 4) is 17.6 Å². The molecule has 2 rings (SSSR count). The van der Waals surface area contributed by atoms with E-state index < -0.39 is 72.7 Å². The second-order valence-corrected chi connectivity index (χ2v) is 14.6. The molecule has 1 aromatic heterocycles. The zero-order valence-electron chi connectivity index (χ0n) is 35.4. The van der Waals surface area contributed by atoms with Crippen molar-refractivity contribution in [2.24, 2.45) is 5.92 Å². The smallest absolute Gasteiger partial charge is 0.481 e. The standard InChI is InChI=1S/C44H60N2O14/c1-6-8-10-13-16-19-33(47)20-17-14-11-12-15-18-21-35(44(55,42(52)53)28-39(49)57-29-37-31(3)59-43(54)60-37)40(50)45-36(41(51)58-30-38(48)46(4)5)27-32-22-24-34(25-23-32)56-26-9-7-2/h18,21-25,35-36,55H,6,8,10-17,19-20,26-30H2,1-5H3,(H,45,50)(H,52,53)/b21-18+/t35-,36+,44+/m1/s1. The molecular formula is C44H60N2O14. The number of amides is 2. The second-order valence-electron chi connectivity index (χ2n) is 14.6. The number of rotatable bonds is 29. The van der Waals surface area contributed by atoms with Crippen molar-refractivity contribution in [2.45, 2.75) is 129 Å². The summed E-state index contributed by atoms with van der Waals surface area (Å²) in [7, 11) is 2.93. The van der Waals surface area contributed by atoms with E-state index in [-0.39, 0.29) is 30.3 Å². The van der Waals surface area contributed by atoms with Gasteiger partial charge in [-0.2, -0.15) is 0 Å². The lowest BCUT2D eigenvalue weighted by Crippen LogP contribution is -2.55. The molecule has 3 atom stereocenters. The number of allylic oxidation sites excluding steroid dienone is 1. The number of benzene rings is 1. The van der Waals surface area contributed by atoms with Gasteiger partial charge in [0, 0.05) is 33.4 Å². The summed E-state index contributed by atoms with van der Waals surface area (Å²) in [5.74, 6) is -2.82. The van der Waals surface area contributed by atoms with Crippen LogP contribution in [0.5, 0.6) is 5.75 Å². The molecule has 2 amide bonds. The largest absolute Gasteiger partial charge is 0.519 e. The Hall–Kier alpha value is -5.69. The minimum absolute atomic E-state index is 0.0177. The van der Waals surface area contributed by atoms with Crippen LogP contribution >= 0.6 is 0 Å². The number of esters is 2. The van der Waals surface area contributed by atoms with Gasteiger partial charge in [0.1, 0.15) is 24.2 Å². The Kier molecular flexibility index (Phi) is 22.8. The van der Waals surface area contributed by atoms with E-state index in [1.165, 1.54) is 38.4 Å². The van der Waals surface area contributed by atoms with Crippen LogP contribution in [0.25, 0.3) is 0 Å². The summed E-state index contributed by atoms with van der Waals surface area (Å²) in [4.78, 5) is 90.4. The van der Waals surface area contributed by atoms with Crippen LogP contribution < -0.4 is 15.9 Å². The van der Waals surface area contributed by atoms with Gasteiger partial charge >= 0.3 is 23.7 Å². The van der Waals surface area contributed by atoms with E-state index in [1.54, 1.807) is 31.2 Å². The van der Waals surface area contributed by atoms with Crippen LogP contribution in [-0.4, -0.2) is 89.6 Å². The van der Waals surface area contributed by atoms with Gasteiger partial charge in [-0.05, 0) is 57.2 Å². The molecule has 0 spiro atoms. The van der Waals surface area contributed by atoms with E-state index in [0.717, 1.165) is 51.0 Å². The average molecular weight is 841 g/mol. The molecule has 2 aromatic rings. The number of ether oxygens (including phenoxy) is 3.